The fraction of sp³-hybridized carbons (Fsp3) is 0.467. The molecule has 0 aromatic carbocycles. The lowest BCUT2D eigenvalue weighted by atomic mass is 9.99. The molecular weight excluding hydrogens is 282 g/mol. The Morgan fingerprint density at radius 2 is 2.36 bits per heavy atom. The highest BCUT2D eigenvalue weighted by atomic mass is 16.2. The van der Waals surface area contributed by atoms with Crippen molar-refractivity contribution in [2.75, 3.05) is 13.6 Å². The maximum atomic E-state index is 12.4. The number of nitrogens with one attached hydrogen (secondary N) is 1. The van der Waals surface area contributed by atoms with Crippen molar-refractivity contribution >= 4 is 5.91 Å². The Balaban J connectivity index is 1.68. The largest absolute Gasteiger partial charge is 0.345 e. The number of fused-ring (bicyclic) bond motifs is 1. The number of rotatable bonds is 3. The first-order valence-electron chi connectivity index (χ1n) is 7.36. The van der Waals surface area contributed by atoms with Crippen LogP contribution in [0.5, 0.6) is 0 Å². The number of imidazole rings is 1. The third-order valence-electron chi connectivity index (χ3n) is 4.01. The maximum absolute atomic E-state index is 12.4. The van der Waals surface area contributed by atoms with Gasteiger partial charge in [-0.15, -0.1) is 0 Å². The highest BCUT2D eigenvalue weighted by molar-refractivity contribution is 5.92. The molecule has 0 spiro atoms. The standard InChI is InChI=1S/C15H19N5O2/c1-10-7-12(18-15(22)17-10)14(21)19(2)8-11-3-4-13-16-5-6-20(13)9-11/h5-7,11H,3-4,8-9H2,1-2H3,(H,17,18,22)/t11-/m0/s1. The predicted octanol–water partition coefficient (Wildman–Crippen LogP) is 0.609. The molecule has 1 atom stereocenters. The van der Waals surface area contributed by atoms with E-state index in [-0.39, 0.29) is 11.6 Å². The zero-order valence-corrected chi connectivity index (χ0v) is 12.7. The van der Waals surface area contributed by atoms with Gasteiger partial charge < -0.3 is 14.5 Å². The van der Waals surface area contributed by atoms with Crippen LogP contribution >= 0.6 is 0 Å². The third-order valence-corrected chi connectivity index (χ3v) is 4.01. The molecule has 1 N–H and O–H groups in total. The van der Waals surface area contributed by atoms with Crippen molar-refractivity contribution in [2.45, 2.75) is 26.3 Å². The maximum Gasteiger partial charge on any atom is 0.345 e. The average Bonchev–Trinajstić information content (AvgIpc) is 2.93. The van der Waals surface area contributed by atoms with Gasteiger partial charge in [0, 0.05) is 44.6 Å². The third kappa shape index (κ3) is 2.93. The minimum atomic E-state index is -0.488. The quantitative estimate of drug-likeness (QED) is 0.900. The SMILES string of the molecule is Cc1cc(C(=O)N(C)C[C@@H]2CCc3nccn3C2)nc(=O)[nH]1. The minimum Gasteiger partial charge on any atom is -0.340 e. The number of hydrogen-bond acceptors (Lipinski definition) is 4. The van der Waals surface area contributed by atoms with Crippen LogP contribution in [0.3, 0.4) is 0 Å². The molecule has 0 aliphatic carbocycles. The molecule has 2 aromatic heterocycles. The molecule has 1 aliphatic rings. The summed E-state index contributed by atoms with van der Waals surface area (Å²) in [7, 11) is 1.75. The van der Waals surface area contributed by atoms with Gasteiger partial charge in [0.1, 0.15) is 11.5 Å². The second kappa shape index (κ2) is 5.75. The molecule has 2 aromatic rings. The van der Waals surface area contributed by atoms with Crippen LogP contribution in [-0.2, 0) is 13.0 Å². The van der Waals surface area contributed by atoms with Crippen LogP contribution in [0.1, 0.15) is 28.4 Å². The van der Waals surface area contributed by atoms with Gasteiger partial charge in [-0.3, -0.25) is 4.79 Å². The van der Waals surface area contributed by atoms with Crippen LogP contribution in [-0.4, -0.2) is 43.9 Å². The van der Waals surface area contributed by atoms with E-state index in [1.807, 2.05) is 12.4 Å². The van der Waals surface area contributed by atoms with Crippen molar-refractivity contribution in [1.29, 1.82) is 0 Å². The van der Waals surface area contributed by atoms with Gasteiger partial charge in [-0.05, 0) is 25.3 Å². The summed E-state index contributed by atoms with van der Waals surface area (Å²) in [6.45, 7) is 3.25. The van der Waals surface area contributed by atoms with Crippen molar-refractivity contribution in [1.82, 2.24) is 24.4 Å². The fourth-order valence-electron chi connectivity index (χ4n) is 2.94. The Bertz CT molecular complexity index is 748. The monoisotopic (exact) mass is 301 g/mol. The second-order valence-electron chi connectivity index (χ2n) is 5.84. The lowest BCUT2D eigenvalue weighted by Gasteiger charge is -2.28. The molecule has 0 bridgehead atoms. The average molecular weight is 301 g/mol. The van der Waals surface area contributed by atoms with Crippen molar-refractivity contribution in [2.24, 2.45) is 5.92 Å². The molecule has 0 radical (unpaired) electrons. The van der Waals surface area contributed by atoms with Gasteiger partial charge >= 0.3 is 5.69 Å². The first kappa shape index (κ1) is 14.5. The van der Waals surface area contributed by atoms with Gasteiger partial charge in [0.25, 0.3) is 5.91 Å². The zero-order valence-electron chi connectivity index (χ0n) is 12.7. The van der Waals surface area contributed by atoms with Crippen LogP contribution in [0, 0.1) is 12.8 Å². The number of nitrogens with zero attached hydrogens (tertiary/aromatic N) is 4. The summed E-state index contributed by atoms with van der Waals surface area (Å²) in [4.78, 5) is 36.1. The van der Waals surface area contributed by atoms with Crippen LogP contribution < -0.4 is 5.69 Å². The van der Waals surface area contributed by atoms with Crippen molar-refractivity contribution < 1.29 is 4.79 Å². The minimum absolute atomic E-state index is 0.197. The number of hydrogen-bond donors (Lipinski definition) is 1. The van der Waals surface area contributed by atoms with E-state index in [0.29, 0.717) is 18.2 Å². The lowest BCUT2D eigenvalue weighted by Crippen LogP contribution is -2.36. The first-order valence-corrected chi connectivity index (χ1v) is 7.36. The molecule has 1 amide bonds. The van der Waals surface area contributed by atoms with E-state index in [2.05, 4.69) is 19.5 Å². The first-order chi connectivity index (χ1) is 10.5. The van der Waals surface area contributed by atoms with E-state index < -0.39 is 5.69 Å². The second-order valence-corrected chi connectivity index (χ2v) is 5.84. The summed E-state index contributed by atoms with van der Waals surface area (Å²) in [5.41, 5.74) is 0.345. The highest BCUT2D eigenvalue weighted by Crippen LogP contribution is 2.19. The molecule has 0 unspecified atom stereocenters. The Hall–Kier alpha value is -2.44. The summed E-state index contributed by atoms with van der Waals surface area (Å²) in [5, 5.41) is 0. The predicted molar refractivity (Wildman–Crippen MR) is 80.6 cm³/mol. The molecule has 7 nitrogen and oxygen atoms in total. The Morgan fingerprint density at radius 1 is 1.55 bits per heavy atom. The van der Waals surface area contributed by atoms with E-state index in [0.717, 1.165) is 25.2 Å². The molecule has 3 rings (SSSR count). The van der Waals surface area contributed by atoms with E-state index in [4.69, 9.17) is 0 Å². The number of aromatic nitrogens is 4. The van der Waals surface area contributed by atoms with Crippen molar-refractivity contribution in [3.8, 4) is 0 Å². The molecule has 1 aliphatic heterocycles. The van der Waals surface area contributed by atoms with Crippen LogP contribution in [0.4, 0.5) is 0 Å². The summed E-state index contributed by atoms with van der Waals surface area (Å²) >= 11 is 0. The number of aromatic amines is 1. The lowest BCUT2D eigenvalue weighted by molar-refractivity contribution is 0.0754. The topological polar surface area (TPSA) is 83.9 Å². The van der Waals surface area contributed by atoms with Gasteiger partial charge in [0.05, 0.1) is 0 Å². The molecule has 7 heteroatoms. The number of carbonyl (C=O) groups is 1. The number of amides is 1. The van der Waals surface area contributed by atoms with E-state index in [1.54, 1.807) is 24.9 Å². The summed E-state index contributed by atoms with van der Waals surface area (Å²) < 4.78 is 2.14. The molecule has 0 saturated heterocycles. The van der Waals surface area contributed by atoms with Gasteiger partial charge in [0.2, 0.25) is 0 Å². The normalized spacial score (nSPS) is 17.1. The molecular formula is C15H19N5O2. The van der Waals surface area contributed by atoms with E-state index >= 15 is 0 Å². The van der Waals surface area contributed by atoms with Gasteiger partial charge in [0.15, 0.2) is 0 Å². The smallest absolute Gasteiger partial charge is 0.340 e. The molecule has 3 heterocycles. The molecule has 22 heavy (non-hydrogen) atoms. The van der Waals surface area contributed by atoms with Crippen molar-refractivity contribution in [3.63, 3.8) is 0 Å². The van der Waals surface area contributed by atoms with Crippen molar-refractivity contribution in [3.05, 3.63) is 46.2 Å². The number of H-pyrrole nitrogens is 1. The van der Waals surface area contributed by atoms with Crippen LogP contribution in [0.15, 0.2) is 23.3 Å². The molecule has 0 saturated carbocycles. The Labute approximate surface area is 128 Å². The Kier molecular flexibility index (Phi) is 3.79. The van der Waals surface area contributed by atoms with Gasteiger partial charge in [-0.2, -0.15) is 4.98 Å². The number of carbonyl (C=O) groups excluding carboxylic acids is 1. The fourth-order valence-corrected chi connectivity index (χ4v) is 2.94. The number of aryl methyl sites for hydroxylation is 2. The van der Waals surface area contributed by atoms with Crippen LogP contribution in [0.25, 0.3) is 0 Å². The summed E-state index contributed by atoms with van der Waals surface area (Å²) in [5.74, 6) is 1.28. The zero-order chi connectivity index (χ0) is 15.7. The van der Waals surface area contributed by atoms with Crippen LogP contribution in [0.2, 0.25) is 0 Å². The van der Waals surface area contributed by atoms with E-state index in [9.17, 15) is 9.59 Å². The van der Waals surface area contributed by atoms with Gasteiger partial charge in [-0.25, -0.2) is 9.78 Å². The summed E-state index contributed by atoms with van der Waals surface area (Å²) in [6.07, 6.45) is 5.74. The highest BCUT2D eigenvalue weighted by Gasteiger charge is 2.23. The van der Waals surface area contributed by atoms with E-state index in [1.165, 1.54) is 0 Å². The molecule has 116 valence electrons. The summed E-state index contributed by atoms with van der Waals surface area (Å²) in [6, 6.07) is 1.61. The van der Waals surface area contributed by atoms with Gasteiger partial charge in [-0.1, -0.05) is 0 Å². The Morgan fingerprint density at radius 3 is 3.14 bits per heavy atom. The molecule has 0 fully saturated rings.